The van der Waals surface area contributed by atoms with Crippen molar-refractivity contribution >= 4 is 27.6 Å². The Morgan fingerprint density at radius 3 is 1.71 bits per heavy atom. The van der Waals surface area contributed by atoms with Crippen LogP contribution in [0.4, 0.5) is 5.69 Å². The Kier molecular flexibility index (Phi) is 7.28. The molecule has 1 aliphatic heterocycles. The molecule has 3 nitrogen and oxygen atoms in total. The zero-order valence-corrected chi connectivity index (χ0v) is 28.5. The van der Waals surface area contributed by atoms with E-state index >= 15 is 0 Å². The lowest BCUT2D eigenvalue weighted by Crippen LogP contribution is -2.20. The zero-order valence-electron chi connectivity index (χ0n) is 28.5. The molecule has 0 bridgehead atoms. The summed E-state index contributed by atoms with van der Waals surface area (Å²) in [5, 5.41) is 2.30. The van der Waals surface area contributed by atoms with Crippen molar-refractivity contribution in [3.63, 3.8) is 0 Å². The van der Waals surface area contributed by atoms with Crippen molar-refractivity contribution in [2.45, 2.75) is 13.1 Å². The number of para-hydroxylation sites is 2. The number of nitrogens with zero attached hydrogens (tertiary/aromatic N) is 2. The van der Waals surface area contributed by atoms with E-state index in [1.807, 2.05) is 12.1 Å². The summed E-state index contributed by atoms with van der Waals surface area (Å²) in [5.41, 5.74) is 17.0. The molecule has 0 fully saturated rings. The van der Waals surface area contributed by atoms with E-state index in [9.17, 15) is 0 Å². The molecule has 0 amide bonds. The fourth-order valence-corrected chi connectivity index (χ4v) is 7.72. The highest BCUT2D eigenvalue weighted by atomic mass is 16.3. The van der Waals surface area contributed by atoms with E-state index in [0.717, 1.165) is 68.7 Å². The molecule has 0 aliphatic carbocycles. The van der Waals surface area contributed by atoms with Crippen LogP contribution in [0.15, 0.2) is 186 Å². The molecular weight excluding hydrogens is 633 g/mol. The first-order valence-corrected chi connectivity index (χ1v) is 17.8. The quantitative estimate of drug-likeness (QED) is 0.183. The Morgan fingerprint density at radius 2 is 0.962 bits per heavy atom. The van der Waals surface area contributed by atoms with Gasteiger partial charge in [0, 0.05) is 40.7 Å². The molecule has 1 aliphatic rings. The van der Waals surface area contributed by atoms with Gasteiger partial charge in [0.1, 0.15) is 11.2 Å². The van der Waals surface area contributed by atoms with Gasteiger partial charge in [0.15, 0.2) is 0 Å². The van der Waals surface area contributed by atoms with Crippen molar-refractivity contribution in [2.75, 3.05) is 4.90 Å². The third kappa shape index (κ3) is 5.44. The largest absolute Gasteiger partial charge is 0.456 e. The predicted molar refractivity (Wildman–Crippen MR) is 215 cm³/mol. The molecule has 52 heavy (non-hydrogen) atoms. The van der Waals surface area contributed by atoms with Gasteiger partial charge in [-0.05, 0) is 99.1 Å². The number of furan rings is 1. The topological polar surface area (TPSA) is 29.3 Å². The average molecular weight is 667 g/mol. The van der Waals surface area contributed by atoms with E-state index in [1.165, 1.54) is 39.1 Å². The van der Waals surface area contributed by atoms with Crippen molar-refractivity contribution < 1.29 is 4.42 Å². The second kappa shape index (κ2) is 12.6. The van der Waals surface area contributed by atoms with Crippen LogP contribution in [-0.4, -0.2) is 4.98 Å². The van der Waals surface area contributed by atoms with E-state index in [0.29, 0.717) is 0 Å². The number of aromatic nitrogens is 1. The maximum atomic E-state index is 6.28. The van der Waals surface area contributed by atoms with Crippen molar-refractivity contribution in [2.24, 2.45) is 0 Å². The summed E-state index contributed by atoms with van der Waals surface area (Å²) < 4.78 is 6.28. The van der Waals surface area contributed by atoms with Gasteiger partial charge in [-0.3, -0.25) is 0 Å². The van der Waals surface area contributed by atoms with Crippen molar-refractivity contribution in [1.29, 1.82) is 0 Å². The lowest BCUT2D eigenvalue weighted by Gasteiger charge is -2.24. The standard InChI is InChI=1S/C49H34N2O/c1-4-12-33(13-5-1)46-28-39(29-47(50-46)34-14-6-2-7-15-34)36-20-21-38-31-51(41-16-8-3-9-17-41)32-40-26-35(22-24-42(40)45(38)27-36)37-23-25-44-43-18-10-11-19-48(43)52-49(44)30-37/h1-30H,31-32H2. The fourth-order valence-electron chi connectivity index (χ4n) is 7.72. The van der Waals surface area contributed by atoms with E-state index in [-0.39, 0.29) is 0 Å². The lowest BCUT2D eigenvalue weighted by atomic mass is 9.90. The Hall–Kier alpha value is -6.71. The molecule has 3 heteroatoms. The summed E-state index contributed by atoms with van der Waals surface area (Å²) in [6, 6.07) is 65.0. The highest BCUT2D eigenvalue weighted by molar-refractivity contribution is 6.06. The summed E-state index contributed by atoms with van der Waals surface area (Å²) in [6.07, 6.45) is 0. The van der Waals surface area contributed by atoms with Gasteiger partial charge in [-0.25, -0.2) is 4.98 Å². The molecule has 0 N–H and O–H groups in total. The number of fused-ring (bicyclic) bond motifs is 6. The normalized spacial score (nSPS) is 12.4. The Balaban J connectivity index is 1.12. The molecule has 9 aromatic rings. The number of hydrogen-bond acceptors (Lipinski definition) is 3. The van der Waals surface area contributed by atoms with Crippen LogP contribution < -0.4 is 4.90 Å². The van der Waals surface area contributed by atoms with Crippen LogP contribution in [0.5, 0.6) is 0 Å². The summed E-state index contributed by atoms with van der Waals surface area (Å²) in [7, 11) is 0. The fraction of sp³-hybridized carbons (Fsp3) is 0.0408. The second-order valence-corrected chi connectivity index (χ2v) is 13.6. The maximum absolute atomic E-state index is 6.28. The third-order valence-electron chi connectivity index (χ3n) is 10.4. The molecule has 10 rings (SSSR count). The van der Waals surface area contributed by atoms with Gasteiger partial charge in [-0.2, -0.15) is 0 Å². The minimum absolute atomic E-state index is 0.801. The Morgan fingerprint density at radius 1 is 0.385 bits per heavy atom. The van der Waals surface area contributed by atoms with Gasteiger partial charge in [0.05, 0.1) is 11.4 Å². The van der Waals surface area contributed by atoms with Gasteiger partial charge in [0.25, 0.3) is 0 Å². The first kappa shape index (κ1) is 30.1. The molecule has 0 spiro atoms. The number of rotatable bonds is 5. The van der Waals surface area contributed by atoms with Crippen LogP contribution in [0, 0.1) is 0 Å². The van der Waals surface area contributed by atoms with Gasteiger partial charge >= 0.3 is 0 Å². The van der Waals surface area contributed by atoms with E-state index in [4.69, 9.17) is 9.40 Å². The highest BCUT2D eigenvalue weighted by Gasteiger charge is 2.22. The van der Waals surface area contributed by atoms with Crippen LogP contribution in [-0.2, 0) is 13.1 Å². The Labute approximate surface area is 303 Å². The van der Waals surface area contributed by atoms with Crippen LogP contribution >= 0.6 is 0 Å². The van der Waals surface area contributed by atoms with Gasteiger partial charge in [-0.15, -0.1) is 0 Å². The highest BCUT2D eigenvalue weighted by Crippen LogP contribution is 2.41. The smallest absolute Gasteiger partial charge is 0.136 e. The first-order valence-electron chi connectivity index (χ1n) is 17.8. The lowest BCUT2D eigenvalue weighted by molar-refractivity contribution is 0.669. The van der Waals surface area contributed by atoms with Gasteiger partial charge in [0.2, 0.25) is 0 Å². The molecule has 246 valence electrons. The van der Waals surface area contributed by atoms with Crippen molar-refractivity contribution in [1.82, 2.24) is 4.98 Å². The molecule has 0 atom stereocenters. The van der Waals surface area contributed by atoms with Gasteiger partial charge in [-0.1, -0.05) is 127 Å². The van der Waals surface area contributed by atoms with Crippen LogP contribution in [0.25, 0.3) is 77.8 Å². The van der Waals surface area contributed by atoms with Crippen LogP contribution in [0.1, 0.15) is 11.1 Å². The molecule has 0 unspecified atom stereocenters. The summed E-state index contributed by atoms with van der Waals surface area (Å²) >= 11 is 0. The maximum Gasteiger partial charge on any atom is 0.136 e. The minimum atomic E-state index is 0.801. The summed E-state index contributed by atoms with van der Waals surface area (Å²) in [5.74, 6) is 0. The van der Waals surface area contributed by atoms with E-state index in [1.54, 1.807) is 0 Å². The van der Waals surface area contributed by atoms with E-state index in [2.05, 4.69) is 175 Å². The van der Waals surface area contributed by atoms with Crippen molar-refractivity contribution in [3.05, 3.63) is 193 Å². The first-order chi connectivity index (χ1) is 25.7. The molecule has 2 aromatic heterocycles. The number of benzene rings is 7. The number of anilines is 1. The number of hydrogen-bond donors (Lipinski definition) is 0. The third-order valence-corrected chi connectivity index (χ3v) is 10.4. The van der Waals surface area contributed by atoms with Crippen LogP contribution in [0.3, 0.4) is 0 Å². The molecule has 3 heterocycles. The average Bonchev–Trinajstić information content (AvgIpc) is 3.51. The number of pyridine rings is 1. The molecular formula is C49H34N2O. The second-order valence-electron chi connectivity index (χ2n) is 13.6. The molecule has 0 saturated heterocycles. The predicted octanol–water partition coefficient (Wildman–Crippen LogP) is 12.8. The molecule has 7 aromatic carbocycles. The zero-order chi connectivity index (χ0) is 34.4. The van der Waals surface area contributed by atoms with E-state index < -0.39 is 0 Å². The Bertz CT molecular complexity index is 2670. The summed E-state index contributed by atoms with van der Waals surface area (Å²) in [6.45, 7) is 1.62. The van der Waals surface area contributed by atoms with Gasteiger partial charge < -0.3 is 9.32 Å². The van der Waals surface area contributed by atoms with Crippen molar-refractivity contribution in [3.8, 4) is 55.9 Å². The summed E-state index contributed by atoms with van der Waals surface area (Å²) in [4.78, 5) is 7.63. The van der Waals surface area contributed by atoms with Crippen LogP contribution in [0.2, 0.25) is 0 Å². The molecule has 0 saturated carbocycles. The SMILES string of the molecule is c1ccc(-c2cc(-c3ccc4c(c3)-c3ccc(-c5ccc6c(c5)oc5ccccc56)cc3CN(c3ccccc3)C4)cc(-c3ccccc3)n2)cc1. The molecule has 0 radical (unpaired) electrons. The minimum Gasteiger partial charge on any atom is -0.456 e. The monoisotopic (exact) mass is 666 g/mol.